The first kappa shape index (κ1) is 12.9. The standard InChI is InChI=1S/C16H14ClN3/c1-11-8-9-18-14(10-11)20-16(17)12(2)15(19-20)13-6-4-3-5-7-13/h3-10H,1-2H3. The highest BCUT2D eigenvalue weighted by Gasteiger charge is 2.15. The maximum atomic E-state index is 6.41. The molecule has 3 rings (SSSR count). The van der Waals surface area contributed by atoms with Crippen LogP contribution in [0, 0.1) is 13.8 Å². The molecule has 0 unspecified atom stereocenters. The van der Waals surface area contributed by atoms with Gasteiger partial charge in [0.25, 0.3) is 0 Å². The lowest BCUT2D eigenvalue weighted by Crippen LogP contribution is -2.00. The first-order chi connectivity index (χ1) is 9.66. The molecule has 0 fully saturated rings. The van der Waals surface area contributed by atoms with Crippen molar-refractivity contribution in [1.82, 2.24) is 14.8 Å². The van der Waals surface area contributed by atoms with Gasteiger partial charge in [-0.15, -0.1) is 0 Å². The third-order valence-electron chi connectivity index (χ3n) is 3.22. The Morgan fingerprint density at radius 1 is 1.05 bits per heavy atom. The van der Waals surface area contributed by atoms with Crippen LogP contribution in [-0.4, -0.2) is 14.8 Å². The van der Waals surface area contributed by atoms with Crippen molar-refractivity contribution in [2.24, 2.45) is 0 Å². The van der Waals surface area contributed by atoms with Gasteiger partial charge in [0.1, 0.15) is 5.15 Å². The Bertz CT molecular complexity index is 748. The molecule has 0 amide bonds. The molecule has 0 aliphatic heterocycles. The van der Waals surface area contributed by atoms with Gasteiger partial charge in [-0.2, -0.15) is 5.10 Å². The molecule has 0 aliphatic carbocycles. The Kier molecular flexibility index (Phi) is 3.28. The van der Waals surface area contributed by atoms with Gasteiger partial charge >= 0.3 is 0 Å². The summed E-state index contributed by atoms with van der Waals surface area (Å²) in [4.78, 5) is 4.33. The van der Waals surface area contributed by atoms with Crippen LogP contribution in [0.4, 0.5) is 0 Å². The molecule has 0 spiro atoms. The summed E-state index contributed by atoms with van der Waals surface area (Å²) in [5.41, 5.74) is 4.03. The second-order valence-electron chi connectivity index (χ2n) is 4.73. The highest BCUT2D eigenvalue weighted by atomic mass is 35.5. The summed E-state index contributed by atoms with van der Waals surface area (Å²) in [6.07, 6.45) is 1.76. The van der Waals surface area contributed by atoms with Crippen LogP contribution in [-0.2, 0) is 0 Å². The predicted molar refractivity (Wildman–Crippen MR) is 81.3 cm³/mol. The normalized spacial score (nSPS) is 10.8. The van der Waals surface area contributed by atoms with E-state index in [9.17, 15) is 0 Å². The highest BCUT2D eigenvalue weighted by molar-refractivity contribution is 6.31. The van der Waals surface area contributed by atoms with Gasteiger partial charge in [-0.05, 0) is 31.5 Å². The monoisotopic (exact) mass is 283 g/mol. The molecule has 0 bridgehead atoms. The van der Waals surface area contributed by atoms with Crippen molar-refractivity contribution in [3.05, 3.63) is 64.9 Å². The van der Waals surface area contributed by atoms with Crippen LogP contribution < -0.4 is 0 Å². The van der Waals surface area contributed by atoms with Crippen molar-refractivity contribution in [2.45, 2.75) is 13.8 Å². The van der Waals surface area contributed by atoms with Gasteiger partial charge in [0.05, 0.1) is 5.69 Å². The van der Waals surface area contributed by atoms with Gasteiger partial charge in [0, 0.05) is 17.3 Å². The number of hydrogen-bond acceptors (Lipinski definition) is 2. The zero-order valence-electron chi connectivity index (χ0n) is 11.3. The molecule has 2 aromatic heterocycles. The summed E-state index contributed by atoms with van der Waals surface area (Å²) in [6.45, 7) is 4.00. The Labute approximate surface area is 122 Å². The van der Waals surface area contributed by atoms with Crippen LogP contribution in [0.2, 0.25) is 5.15 Å². The molecule has 20 heavy (non-hydrogen) atoms. The zero-order chi connectivity index (χ0) is 14.1. The van der Waals surface area contributed by atoms with Crippen molar-refractivity contribution >= 4 is 11.6 Å². The minimum atomic E-state index is 0.599. The van der Waals surface area contributed by atoms with Crippen molar-refractivity contribution in [2.75, 3.05) is 0 Å². The molecule has 0 N–H and O–H groups in total. The maximum absolute atomic E-state index is 6.41. The van der Waals surface area contributed by atoms with E-state index in [1.54, 1.807) is 10.9 Å². The van der Waals surface area contributed by atoms with Crippen LogP contribution >= 0.6 is 11.6 Å². The van der Waals surface area contributed by atoms with Crippen molar-refractivity contribution in [1.29, 1.82) is 0 Å². The number of rotatable bonds is 2. The first-order valence-corrected chi connectivity index (χ1v) is 6.78. The second-order valence-corrected chi connectivity index (χ2v) is 5.09. The largest absolute Gasteiger partial charge is 0.237 e. The summed E-state index contributed by atoms with van der Waals surface area (Å²) >= 11 is 6.41. The third kappa shape index (κ3) is 2.21. The molecular weight excluding hydrogens is 270 g/mol. The minimum Gasteiger partial charge on any atom is -0.237 e. The lowest BCUT2D eigenvalue weighted by Gasteiger charge is -2.02. The van der Waals surface area contributed by atoms with E-state index >= 15 is 0 Å². The second kappa shape index (κ2) is 5.10. The Morgan fingerprint density at radius 3 is 2.50 bits per heavy atom. The molecule has 0 saturated carbocycles. The fourth-order valence-corrected chi connectivity index (χ4v) is 2.35. The Hall–Kier alpha value is -2.13. The van der Waals surface area contributed by atoms with Crippen LogP contribution in [0.3, 0.4) is 0 Å². The summed E-state index contributed by atoms with van der Waals surface area (Å²) in [7, 11) is 0. The predicted octanol–water partition coefficient (Wildman–Crippen LogP) is 4.20. The molecule has 0 saturated heterocycles. The highest BCUT2D eigenvalue weighted by Crippen LogP contribution is 2.29. The van der Waals surface area contributed by atoms with Gasteiger partial charge in [-0.25, -0.2) is 9.67 Å². The van der Waals surface area contributed by atoms with Crippen molar-refractivity contribution in [3.63, 3.8) is 0 Å². The third-order valence-corrected chi connectivity index (χ3v) is 3.66. The Morgan fingerprint density at radius 2 is 1.80 bits per heavy atom. The van der Waals surface area contributed by atoms with E-state index in [0.29, 0.717) is 5.15 Å². The number of pyridine rings is 1. The van der Waals surface area contributed by atoms with E-state index < -0.39 is 0 Å². The molecule has 1 aromatic carbocycles. The van der Waals surface area contributed by atoms with E-state index in [-0.39, 0.29) is 0 Å². The smallest absolute Gasteiger partial charge is 0.155 e. The fourth-order valence-electron chi connectivity index (χ4n) is 2.13. The molecule has 2 heterocycles. The molecule has 4 heteroatoms. The Balaban J connectivity index is 2.16. The van der Waals surface area contributed by atoms with E-state index in [1.165, 1.54) is 0 Å². The first-order valence-electron chi connectivity index (χ1n) is 6.40. The molecule has 0 aliphatic rings. The van der Waals surface area contributed by atoms with Crippen molar-refractivity contribution in [3.8, 4) is 17.1 Å². The van der Waals surface area contributed by atoms with E-state index in [4.69, 9.17) is 11.6 Å². The lowest BCUT2D eigenvalue weighted by atomic mass is 10.1. The molecule has 3 nitrogen and oxygen atoms in total. The summed E-state index contributed by atoms with van der Waals surface area (Å²) in [5, 5.41) is 5.21. The van der Waals surface area contributed by atoms with Crippen LogP contribution in [0.25, 0.3) is 17.1 Å². The molecule has 0 radical (unpaired) electrons. The summed E-state index contributed by atoms with van der Waals surface area (Å²) in [6, 6.07) is 13.9. The minimum absolute atomic E-state index is 0.599. The topological polar surface area (TPSA) is 30.7 Å². The SMILES string of the molecule is Cc1ccnc(-n2nc(-c3ccccc3)c(C)c2Cl)c1. The molecule has 100 valence electrons. The van der Waals surface area contributed by atoms with Crippen molar-refractivity contribution < 1.29 is 0 Å². The number of hydrogen-bond donors (Lipinski definition) is 0. The number of halogens is 1. The molecular formula is C16H14ClN3. The van der Waals surface area contributed by atoms with Crippen LogP contribution in [0.15, 0.2) is 48.7 Å². The molecule has 3 aromatic rings. The van der Waals surface area contributed by atoms with E-state index in [1.807, 2.05) is 56.3 Å². The zero-order valence-corrected chi connectivity index (χ0v) is 12.1. The number of aryl methyl sites for hydroxylation is 1. The van der Waals surface area contributed by atoms with Gasteiger partial charge < -0.3 is 0 Å². The van der Waals surface area contributed by atoms with E-state index in [2.05, 4.69) is 10.1 Å². The van der Waals surface area contributed by atoms with Gasteiger partial charge in [0.15, 0.2) is 5.82 Å². The number of benzene rings is 1. The van der Waals surface area contributed by atoms with E-state index in [0.717, 1.165) is 28.2 Å². The summed E-state index contributed by atoms with van der Waals surface area (Å²) in [5.74, 6) is 0.736. The molecule has 0 atom stereocenters. The average Bonchev–Trinajstić information content (AvgIpc) is 2.76. The number of nitrogens with zero attached hydrogens (tertiary/aromatic N) is 3. The number of aromatic nitrogens is 3. The summed E-state index contributed by atoms with van der Waals surface area (Å²) < 4.78 is 1.69. The maximum Gasteiger partial charge on any atom is 0.155 e. The average molecular weight is 284 g/mol. The lowest BCUT2D eigenvalue weighted by molar-refractivity contribution is 0.848. The van der Waals surface area contributed by atoms with Crippen LogP contribution in [0.5, 0.6) is 0 Å². The fraction of sp³-hybridized carbons (Fsp3) is 0.125. The van der Waals surface area contributed by atoms with Gasteiger partial charge in [-0.1, -0.05) is 41.9 Å². The van der Waals surface area contributed by atoms with Crippen LogP contribution in [0.1, 0.15) is 11.1 Å². The van der Waals surface area contributed by atoms with Gasteiger partial charge in [-0.3, -0.25) is 0 Å². The quantitative estimate of drug-likeness (QED) is 0.705. The van der Waals surface area contributed by atoms with Gasteiger partial charge in [0.2, 0.25) is 0 Å².